The number of pyridine rings is 1. The molecule has 0 saturated heterocycles. The summed E-state index contributed by atoms with van der Waals surface area (Å²) in [6.07, 6.45) is 1.71. The van der Waals surface area contributed by atoms with E-state index in [4.69, 9.17) is 11.5 Å². The summed E-state index contributed by atoms with van der Waals surface area (Å²) in [5, 5.41) is 3.14. The Kier molecular flexibility index (Phi) is 4.67. The van der Waals surface area contributed by atoms with E-state index < -0.39 is 5.91 Å². The molecule has 0 aliphatic rings. The van der Waals surface area contributed by atoms with E-state index in [1.54, 1.807) is 12.1 Å². The molecule has 1 rings (SSSR count). The lowest BCUT2D eigenvalue weighted by molar-refractivity contribution is 0.100. The molecule has 5 heteroatoms. The fraction of sp³-hybridized carbons (Fsp3) is 0.538. The Labute approximate surface area is 108 Å². The highest BCUT2D eigenvalue weighted by Gasteiger charge is 2.21. The van der Waals surface area contributed by atoms with Crippen molar-refractivity contribution in [1.29, 1.82) is 0 Å². The number of carbonyl (C=O) groups is 1. The Balaban J connectivity index is 2.90. The highest BCUT2D eigenvalue weighted by Crippen LogP contribution is 2.16. The molecule has 1 aromatic heterocycles. The zero-order valence-corrected chi connectivity index (χ0v) is 11.3. The highest BCUT2D eigenvalue weighted by atomic mass is 16.1. The van der Waals surface area contributed by atoms with Gasteiger partial charge in [-0.1, -0.05) is 13.8 Å². The number of nitrogens with one attached hydrogen (secondary N) is 1. The smallest absolute Gasteiger partial charge is 0.252 e. The lowest BCUT2D eigenvalue weighted by Gasteiger charge is -2.27. The molecule has 0 atom stereocenters. The Bertz CT molecular complexity index is 427. The second kappa shape index (κ2) is 5.82. The first-order valence-corrected chi connectivity index (χ1v) is 6.22. The lowest BCUT2D eigenvalue weighted by atomic mass is 9.94. The molecule has 1 heterocycles. The van der Waals surface area contributed by atoms with Gasteiger partial charge in [0.15, 0.2) is 0 Å². The minimum absolute atomic E-state index is 0.291. The summed E-state index contributed by atoms with van der Waals surface area (Å²) in [5.41, 5.74) is 12.5. The third-order valence-electron chi connectivity index (χ3n) is 3.32. The molecule has 0 radical (unpaired) electrons. The zero-order chi connectivity index (χ0) is 13.8. The van der Waals surface area contributed by atoms with E-state index >= 15 is 0 Å². The molecule has 5 N–H and O–H groups in total. The van der Waals surface area contributed by atoms with E-state index in [0.29, 0.717) is 17.9 Å². The molecule has 0 fully saturated rings. The third kappa shape index (κ3) is 3.43. The molecule has 0 saturated carbocycles. The lowest BCUT2D eigenvalue weighted by Crippen LogP contribution is -2.45. The van der Waals surface area contributed by atoms with Gasteiger partial charge in [-0.25, -0.2) is 4.98 Å². The fourth-order valence-electron chi connectivity index (χ4n) is 1.65. The average molecular weight is 250 g/mol. The van der Waals surface area contributed by atoms with Crippen LogP contribution in [0.25, 0.3) is 0 Å². The fourth-order valence-corrected chi connectivity index (χ4v) is 1.65. The van der Waals surface area contributed by atoms with Crippen molar-refractivity contribution in [2.75, 3.05) is 11.9 Å². The van der Waals surface area contributed by atoms with Gasteiger partial charge in [-0.2, -0.15) is 0 Å². The number of rotatable bonds is 6. The van der Waals surface area contributed by atoms with Gasteiger partial charge in [0.25, 0.3) is 5.91 Å². The monoisotopic (exact) mass is 250 g/mol. The SMILES string of the molecule is CCC(N)(CC)CNc1nc(C)ccc1C(N)=O. The van der Waals surface area contributed by atoms with Gasteiger partial charge in [-0.15, -0.1) is 0 Å². The molecular formula is C13H22N4O. The summed E-state index contributed by atoms with van der Waals surface area (Å²) in [5.74, 6) is 0.0276. The number of nitrogens with zero attached hydrogens (tertiary/aromatic N) is 1. The first-order chi connectivity index (χ1) is 8.41. The number of nitrogens with two attached hydrogens (primary N) is 2. The van der Waals surface area contributed by atoms with E-state index in [2.05, 4.69) is 10.3 Å². The summed E-state index contributed by atoms with van der Waals surface area (Å²) in [6.45, 7) is 6.52. The molecule has 100 valence electrons. The summed E-state index contributed by atoms with van der Waals surface area (Å²) >= 11 is 0. The number of aryl methyl sites for hydroxylation is 1. The van der Waals surface area contributed by atoms with Crippen LogP contribution in [-0.4, -0.2) is 23.0 Å². The Morgan fingerprint density at radius 1 is 1.39 bits per heavy atom. The minimum atomic E-state index is -0.486. The van der Waals surface area contributed by atoms with Gasteiger partial charge in [-0.05, 0) is 31.9 Å². The number of aromatic nitrogens is 1. The number of primary amides is 1. The molecule has 5 nitrogen and oxygen atoms in total. The van der Waals surface area contributed by atoms with Gasteiger partial charge in [-0.3, -0.25) is 4.79 Å². The van der Waals surface area contributed by atoms with Gasteiger partial charge in [0.2, 0.25) is 0 Å². The molecule has 1 aromatic rings. The summed E-state index contributed by atoms with van der Waals surface area (Å²) < 4.78 is 0. The molecule has 0 spiro atoms. The van der Waals surface area contributed by atoms with Crippen molar-refractivity contribution in [3.05, 3.63) is 23.4 Å². The number of hydrogen-bond donors (Lipinski definition) is 3. The molecular weight excluding hydrogens is 228 g/mol. The molecule has 0 aliphatic heterocycles. The van der Waals surface area contributed by atoms with Crippen LogP contribution in [0.15, 0.2) is 12.1 Å². The van der Waals surface area contributed by atoms with Crippen LogP contribution >= 0.6 is 0 Å². The van der Waals surface area contributed by atoms with E-state index in [1.807, 2.05) is 20.8 Å². The minimum Gasteiger partial charge on any atom is -0.368 e. The first kappa shape index (κ1) is 14.4. The van der Waals surface area contributed by atoms with E-state index in [0.717, 1.165) is 18.5 Å². The molecule has 0 aromatic carbocycles. The zero-order valence-electron chi connectivity index (χ0n) is 11.3. The van der Waals surface area contributed by atoms with Crippen LogP contribution in [0, 0.1) is 6.92 Å². The molecule has 1 amide bonds. The number of carbonyl (C=O) groups excluding carboxylic acids is 1. The summed E-state index contributed by atoms with van der Waals surface area (Å²) in [4.78, 5) is 15.6. The van der Waals surface area contributed by atoms with E-state index in [1.165, 1.54) is 0 Å². The Hall–Kier alpha value is -1.62. The van der Waals surface area contributed by atoms with Crippen LogP contribution in [0.3, 0.4) is 0 Å². The predicted octanol–water partition coefficient (Wildman–Crippen LogP) is 1.42. The van der Waals surface area contributed by atoms with E-state index in [-0.39, 0.29) is 5.54 Å². The van der Waals surface area contributed by atoms with Crippen molar-refractivity contribution < 1.29 is 4.79 Å². The number of hydrogen-bond acceptors (Lipinski definition) is 4. The van der Waals surface area contributed by atoms with Crippen LogP contribution in [0.5, 0.6) is 0 Å². The molecule has 0 unspecified atom stereocenters. The quantitative estimate of drug-likeness (QED) is 0.711. The molecule has 0 bridgehead atoms. The van der Waals surface area contributed by atoms with Crippen LogP contribution in [0.1, 0.15) is 42.7 Å². The Morgan fingerprint density at radius 3 is 2.50 bits per heavy atom. The predicted molar refractivity (Wildman–Crippen MR) is 73.5 cm³/mol. The van der Waals surface area contributed by atoms with E-state index in [9.17, 15) is 4.79 Å². The van der Waals surface area contributed by atoms with Crippen molar-refractivity contribution in [2.45, 2.75) is 39.2 Å². The van der Waals surface area contributed by atoms with Crippen LogP contribution < -0.4 is 16.8 Å². The maximum absolute atomic E-state index is 11.3. The van der Waals surface area contributed by atoms with Gasteiger partial charge in [0.1, 0.15) is 5.82 Å². The third-order valence-corrected chi connectivity index (χ3v) is 3.32. The maximum Gasteiger partial charge on any atom is 0.252 e. The second-order valence-corrected chi connectivity index (χ2v) is 4.64. The standard InChI is InChI=1S/C13H22N4O/c1-4-13(15,5-2)8-16-12-10(11(14)18)7-6-9(3)17-12/h6-7H,4-5,8,15H2,1-3H3,(H2,14,18)(H,16,17). The summed E-state index contributed by atoms with van der Waals surface area (Å²) in [6, 6.07) is 3.45. The normalized spacial score (nSPS) is 11.3. The van der Waals surface area contributed by atoms with Gasteiger partial charge < -0.3 is 16.8 Å². The highest BCUT2D eigenvalue weighted by molar-refractivity contribution is 5.97. The van der Waals surface area contributed by atoms with Crippen molar-refractivity contribution >= 4 is 11.7 Å². The average Bonchev–Trinajstić information content (AvgIpc) is 2.35. The second-order valence-electron chi connectivity index (χ2n) is 4.64. The van der Waals surface area contributed by atoms with Gasteiger partial charge in [0, 0.05) is 17.8 Å². The molecule has 0 aliphatic carbocycles. The number of anilines is 1. The Morgan fingerprint density at radius 2 is 2.00 bits per heavy atom. The van der Waals surface area contributed by atoms with Crippen LogP contribution in [0.2, 0.25) is 0 Å². The largest absolute Gasteiger partial charge is 0.368 e. The van der Waals surface area contributed by atoms with Crippen molar-refractivity contribution in [3.63, 3.8) is 0 Å². The first-order valence-electron chi connectivity index (χ1n) is 6.22. The van der Waals surface area contributed by atoms with Crippen molar-refractivity contribution in [3.8, 4) is 0 Å². The molecule has 18 heavy (non-hydrogen) atoms. The maximum atomic E-state index is 11.3. The van der Waals surface area contributed by atoms with Gasteiger partial charge in [0.05, 0.1) is 5.56 Å². The van der Waals surface area contributed by atoms with Crippen LogP contribution in [-0.2, 0) is 0 Å². The summed E-state index contributed by atoms with van der Waals surface area (Å²) in [7, 11) is 0. The van der Waals surface area contributed by atoms with Gasteiger partial charge >= 0.3 is 0 Å². The topological polar surface area (TPSA) is 94.0 Å². The van der Waals surface area contributed by atoms with Crippen LogP contribution in [0.4, 0.5) is 5.82 Å². The van der Waals surface area contributed by atoms with Crippen molar-refractivity contribution in [1.82, 2.24) is 4.98 Å². The number of amides is 1. The van der Waals surface area contributed by atoms with Crippen molar-refractivity contribution in [2.24, 2.45) is 11.5 Å².